The van der Waals surface area contributed by atoms with E-state index in [4.69, 9.17) is 37.0 Å². The molecule has 17 nitrogen and oxygen atoms in total. The number of hydrogen-bond donors (Lipinski definition) is 3. The molecule has 0 aromatic rings. The summed E-state index contributed by atoms with van der Waals surface area (Å²) in [6.45, 7) is 9.61. The molecule has 0 bridgehead atoms. The van der Waals surface area contributed by atoms with Crippen LogP contribution >= 0.6 is 15.6 Å². The predicted molar refractivity (Wildman–Crippen MR) is 395 cm³/mol. The number of phosphoric ester groups is 2. The van der Waals surface area contributed by atoms with E-state index in [9.17, 15) is 43.2 Å². The normalized spacial score (nSPS) is 14.0. The summed E-state index contributed by atoms with van der Waals surface area (Å²) in [5.41, 5.74) is 0. The number of esters is 4. The molecule has 19 heteroatoms. The Kier molecular flexibility index (Phi) is 68.4. The van der Waals surface area contributed by atoms with Crippen LogP contribution in [0.1, 0.15) is 408 Å². The monoisotopic (exact) mass is 1420 g/mol. The van der Waals surface area contributed by atoms with Crippen molar-refractivity contribution in [3.8, 4) is 0 Å². The summed E-state index contributed by atoms with van der Waals surface area (Å²) in [5, 5.41) is 10.6. The first-order valence-electron chi connectivity index (χ1n) is 40.5. The van der Waals surface area contributed by atoms with Gasteiger partial charge in [-0.1, -0.05) is 356 Å². The van der Waals surface area contributed by atoms with Gasteiger partial charge in [0.15, 0.2) is 12.2 Å². The average Bonchev–Trinajstić information content (AvgIpc) is 1.08. The van der Waals surface area contributed by atoms with E-state index in [-0.39, 0.29) is 25.7 Å². The van der Waals surface area contributed by atoms with Gasteiger partial charge in [-0.25, -0.2) is 9.13 Å². The Bertz CT molecular complexity index is 1870. The fourth-order valence-corrected chi connectivity index (χ4v) is 13.6. The highest BCUT2D eigenvalue weighted by molar-refractivity contribution is 7.47. The molecule has 0 rings (SSSR count). The molecular formula is C78H152O17P2. The lowest BCUT2D eigenvalue weighted by Gasteiger charge is -2.21. The molecule has 0 spiro atoms. The first kappa shape index (κ1) is 95.1. The molecule has 3 N–H and O–H groups in total. The zero-order valence-electron chi connectivity index (χ0n) is 63.4. The molecule has 576 valence electrons. The number of carbonyl (C=O) groups is 4. The van der Waals surface area contributed by atoms with Crippen LogP contribution < -0.4 is 0 Å². The van der Waals surface area contributed by atoms with E-state index in [0.717, 1.165) is 102 Å². The van der Waals surface area contributed by atoms with Crippen LogP contribution in [0.2, 0.25) is 0 Å². The largest absolute Gasteiger partial charge is 0.472 e. The number of ether oxygens (including phenoxy) is 4. The van der Waals surface area contributed by atoms with E-state index in [1.165, 1.54) is 225 Å². The molecule has 0 saturated heterocycles. The molecule has 0 amide bonds. The maximum atomic E-state index is 13.1. The summed E-state index contributed by atoms with van der Waals surface area (Å²) in [6, 6.07) is 0. The van der Waals surface area contributed by atoms with Crippen LogP contribution in [0.4, 0.5) is 0 Å². The van der Waals surface area contributed by atoms with Crippen LogP contribution in [-0.2, 0) is 65.4 Å². The minimum Gasteiger partial charge on any atom is -0.462 e. The van der Waals surface area contributed by atoms with Gasteiger partial charge >= 0.3 is 39.5 Å². The van der Waals surface area contributed by atoms with E-state index in [0.29, 0.717) is 25.7 Å². The highest BCUT2D eigenvalue weighted by Gasteiger charge is 2.30. The van der Waals surface area contributed by atoms with E-state index in [2.05, 4.69) is 41.5 Å². The van der Waals surface area contributed by atoms with Crippen LogP contribution in [0.5, 0.6) is 0 Å². The van der Waals surface area contributed by atoms with Crippen LogP contribution in [0.15, 0.2) is 0 Å². The van der Waals surface area contributed by atoms with Crippen LogP contribution in [0.25, 0.3) is 0 Å². The van der Waals surface area contributed by atoms with E-state index in [1.807, 2.05) is 0 Å². The Morgan fingerprint density at radius 1 is 0.278 bits per heavy atom. The van der Waals surface area contributed by atoms with Crippen molar-refractivity contribution in [1.29, 1.82) is 0 Å². The molecular weight excluding hydrogens is 1270 g/mol. The first-order valence-corrected chi connectivity index (χ1v) is 43.5. The molecule has 0 aromatic heterocycles. The smallest absolute Gasteiger partial charge is 0.462 e. The van der Waals surface area contributed by atoms with Gasteiger partial charge in [0.25, 0.3) is 0 Å². The fourth-order valence-electron chi connectivity index (χ4n) is 12.0. The highest BCUT2D eigenvalue weighted by atomic mass is 31.2. The van der Waals surface area contributed by atoms with Crippen LogP contribution in [0, 0.1) is 11.8 Å². The topological polar surface area (TPSA) is 237 Å². The number of carbonyl (C=O) groups excluding carboxylic acids is 4. The molecule has 0 aliphatic rings. The summed E-state index contributed by atoms with van der Waals surface area (Å²) >= 11 is 0. The second kappa shape index (κ2) is 69.8. The van der Waals surface area contributed by atoms with Crippen molar-refractivity contribution in [3.63, 3.8) is 0 Å². The molecule has 2 unspecified atom stereocenters. The SMILES string of the molecule is CCCCCCCCCCCCCCCCCCCCCC(=O)O[C@H](COC(=O)CCCCCCCCCCCCCC(C)C)COP(=O)(O)OC[C@@H](O)COP(=O)(O)OC[C@@H](COC(=O)CCCCCCCCCCCC)OC(=O)CCCCCCCCCCCCCC(C)C. The second-order valence-corrected chi connectivity index (χ2v) is 32.0. The lowest BCUT2D eigenvalue weighted by Crippen LogP contribution is -2.30. The lowest BCUT2D eigenvalue weighted by molar-refractivity contribution is -0.161. The Hall–Kier alpha value is -1.94. The predicted octanol–water partition coefficient (Wildman–Crippen LogP) is 23.1. The summed E-state index contributed by atoms with van der Waals surface area (Å²) in [4.78, 5) is 72.9. The van der Waals surface area contributed by atoms with Gasteiger partial charge in [0.05, 0.1) is 26.4 Å². The van der Waals surface area contributed by atoms with Gasteiger partial charge in [0.2, 0.25) is 0 Å². The van der Waals surface area contributed by atoms with Crippen molar-refractivity contribution in [2.75, 3.05) is 39.6 Å². The Labute approximate surface area is 594 Å². The molecule has 0 heterocycles. The number of rotatable bonds is 77. The van der Waals surface area contributed by atoms with Crippen molar-refractivity contribution in [1.82, 2.24) is 0 Å². The Morgan fingerprint density at radius 2 is 0.474 bits per heavy atom. The standard InChI is InChI=1S/C78H152O17P2/c1-7-9-11-13-15-17-19-20-21-22-23-24-25-26-31-38-44-50-56-62-77(82)94-74(67-89-76(81)61-55-49-43-37-32-27-29-34-40-46-52-58-70(3)4)69-93-97(86,87)91-65-72(79)64-90-96(84,85)92-68-73(66-88-75(80)60-54-48-42-36-18-16-14-12-10-8-2)95-78(83)63-57-51-45-39-33-28-30-35-41-47-53-59-71(5)6/h70-74,79H,7-69H2,1-6H3,(H,84,85)(H,86,87)/t72-,73+,74+/m0/s1. The third kappa shape index (κ3) is 72.2. The number of phosphoric acid groups is 2. The van der Waals surface area contributed by atoms with Crippen molar-refractivity contribution >= 4 is 39.5 Å². The molecule has 5 atom stereocenters. The maximum absolute atomic E-state index is 13.1. The minimum absolute atomic E-state index is 0.107. The van der Waals surface area contributed by atoms with Crippen molar-refractivity contribution in [2.24, 2.45) is 11.8 Å². The molecule has 0 aliphatic heterocycles. The van der Waals surface area contributed by atoms with Crippen LogP contribution in [0.3, 0.4) is 0 Å². The van der Waals surface area contributed by atoms with Crippen molar-refractivity contribution in [3.05, 3.63) is 0 Å². The zero-order chi connectivity index (χ0) is 71.4. The van der Waals surface area contributed by atoms with Gasteiger partial charge in [0, 0.05) is 25.7 Å². The van der Waals surface area contributed by atoms with Gasteiger partial charge in [-0.3, -0.25) is 37.3 Å². The Balaban J connectivity index is 5.23. The summed E-state index contributed by atoms with van der Waals surface area (Å²) in [7, 11) is -9.91. The van der Waals surface area contributed by atoms with Gasteiger partial charge in [-0.05, 0) is 37.5 Å². The number of unbranched alkanes of at least 4 members (excludes halogenated alkanes) is 47. The lowest BCUT2D eigenvalue weighted by atomic mass is 10.0. The van der Waals surface area contributed by atoms with Crippen molar-refractivity contribution < 1.29 is 80.2 Å². The van der Waals surface area contributed by atoms with E-state index < -0.39 is 97.5 Å². The Morgan fingerprint density at radius 3 is 0.701 bits per heavy atom. The molecule has 97 heavy (non-hydrogen) atoms. The number of hydrogen-bond acceptors (Lipinski definition) is 15. The van der Waals surface area contributed by atoms with Crippen molar-refractivity contribution in [2.45, 2.75) is 426 Å². The van der Waals surface area contributed by atoms with Crippen LogP contribution in [-0.4, -0.2) is 96.7 Å². The third-order valence-electron chi connectivity index (χ3n) is 18.2. The quantitative estimate of drug-likeness (QED) is 0.0222. The molecule has 0 aromatic carbocycles. The fraction of sp³-hybridized carbons (Fsp3) is 0.949. The minimum atomic E-state index is -4.96. The molecule has 0 aliphatic carbocycles. The maximum Gasteiger partial charge on any atom is 0.472 e. The van der Waals surface area contributed by atoms with Gasteiger partial charge < -0.3 is 33.8 Å². The number of aliphatic hydroxyl groups is 1. The number of aliphatic hydroxyl groups excluding tert-OH is 1. The van der Waals surface area contributed by atoms with E-state index in [1.54, 1.807) is 0 Å². The average molecular weight is 1420 g/mol. The second-order valence-electron chi connectivity index (χ2n) is 29.1. The molecule has 0 fully saturated rings. The zero-order valence-corrected chi connectivity index (χ0v) is 65.2. The van der Waals surface area contributed by atoms with E-state index >= 15 is 0 Å². The summed E-state index contributed by atoms with van der Waals surface area (Å²) < 4.78 is 68.6. The highest BCUT2D eigenvalue weighted by Crippen LogP contribution is 2.45. The summed E-state index contributed by atoms with van der Waals surface area (Å²) in [6.07, 6.45) is 58.2. The van der Waals surface area contributed by atoms with Gasteiger partial charge in [-0.2, -0.15) is 0 Å². The van der Waals surface area contributed by atoms with Gasteiger partial charge in [-0.15, -0.1) is 0 Å². The molecule has 0 saturated carbocycles. The van der Waals surface area contributed by atoms with Gasteiger partial charge in [0.1, 0.15) is 19.3 Å². The third-order valence-corrected chi connectivity index (χ3v) is 20.1. The first-order chi connectivity index (χ1) is 46.9. The molecule has 0 radical (unpaired) electrons. The summed E-state index contributed by atoms with van der Waals surface area (Å²) in [5.74, 6) is -0.576.